The highest BCUT2D eigenvalue weighted by Gasteiger charge is 2.09. The Labute approximate surface area is 136 Å². The number of aromatic nitrogens is 3. The Hall–Kier alpha value is -2.12. The molecule has 2 aromatic heterocycles. The fourth-order valence-electron chi connectivity index (χ4n) is 2.25. The predicted octanol–water partition coefficient (Wildman–Crippen LogP) is 3.03. The van der Waals surface area contributed by atoms with Crippen LogP contribution in [0, 0.1) is 0 Å². The Bertz CT molecular complexity index is 802. The summed E-state index contributed by atoms with van der Waals surface area (Å²) in [7, 11) is 1.67. The van der Waals surface area contributed by atoms with Gasteiger partial charge in [0.25, 0.3) is 0 Å². The van der Waals surface area contributed by atoms with Crippen molar-refractivity contribution in [3.8, 4) is 11.1 Å². The quantitative estimate of drug-likeness (QED) is 0.607. The lowest BCUT2D eigenvalue weighted by molar-refractivity contribution is 0.210. The number of H-pyrrole nitrogens is 1. The molecule has 0 amide bonds. The number of nitrogen functional groups attached to an aromatic ring is 1. The van der Waals surface area contributed by atoms with Gasteiger partial charge in [0.05, 0.1) is 12.1 Å². The van der Waals surface area contributed by atoms with Crippen molar-refractivity contribution in [3.05, 3.63) is 34.9 Å². The van der Waals surface area contributed by atoms with E-state index in [9.17, 15) is 0 Å². The highest BCUT2D eigenvalue weighted by Crippen LogP contribution is 2.32. The van der Waals surface area contributed by atoms with Gasteiger partial charge in [0.15, 0.2) is 5.82 Å². The van der Waals surface area contributed by atoms with Gasteiger partial charge in [0, 0.05) is 29.7 Å². The number of nitrogens with zero attached hydrogens (tertiary/aromatic N) is 2. The van der Waals surface area contributed by atoms with Gasteiger partial charge in [-0.1, -0.05) is 0 Å². The minimum Gasteiger partial charge on any atom is -0.383 e. The number of aromatic amines is 1. The first-order valence-electron chi connectivity index (χ1n) is 6.81. The zero-order chi connectivity index (χ0) is 15.5. The van der Waals surface area contributed by atoms with Gasteiger partial charge < -0.3 is 15.8 Å². The number of rotatable bonds is 5. The van der Waals surface area contributed by atoms with Crippen molar-refractivity contribution in [3.63, 3.8) is 0 Å². The van der Waals surface area contributed by atoms with Crippen LogP contribution < -0.4 is 11.1 Å². The molecule has 22 heavy (non-hydrogen) atoms. The molecule has 2 heterocycles. The Kier molecular flexibility index (Phi) is 4.26. The standard InChI is InChI=1S/C15H16BrN5O/c1-22-5-4-19-13-8-9(2-3-18-13)10-6-11-14(12(16)7-10)20-21-15(11)17/h2-3,6-8H,4-5H2,1H3,(H,18,19)(H3,17,20,21). The number of halogens is 1. The maximum Gasteiger partial charge on any atom is 0.153 e. The van der Waals surface area contributed by atoms with Gasteiger partial charge in [0.2, 0.25) is 0 Å². The average molecular weight is 362 g/mol. The van der Waals surface area contributed by atoms with Crippen LogP contribution in [0.25, 0.3) is 22.0 Å². The highest BCUT2D eigenvalue weighted by molar-refractivity contribution is 9.10. The third-order valence-electron chi connectivity index (χ3n) is 3.36. The van der Waals surface area contributed by atoms with E-state index in [1.807, 2.05) is 24.3 Å². The molecule has 3 rings (SSSR count). The van der Waals surface area contributed by atoms with Gasteiger partial charge in [-0.2, -0.15) is 5.10 Å². The lowest BCUT2D eigenvalue weighted by Crippen LogP contribution is -2.08. The summed E-state index contributed by atoms with van der Waals surface area (Å²) in [6.07, 6.45) is 1.78. The number of nitrogens with two attached hydrogens (primary N) is 1. The van der Waals surface area contributed by atoms with E-state index in [-0.39, 0.29) is 0 Å². The molecule has 6 nitrogen and oxygen atoms in total. The minimum atomic E-state index is 0.491. The van der Waals surface area contributed by atoms with E-state index in [4.69, 9.17) is 10.5 Å². The number of hydrogen-bond donors (Lipinski definition) is 3. The molecular formula is C15H16BrN5O. The fourth-order valence-corrected chi connectivity index (χ4v) is 2.80. The molecule has 0 unspecified atom stereocenters. The summed E-state index contributed by atoms with van der Waals surface area (Å²) in [5.74, 6) is 1.30. The SMILES string of the molecule is COCCNc1cc(-c2cc(Br)c3[nH]nc(N)c3c2)ccn1. The maximum absolute atomic E-state index is 5.90. The molecule has 0 saturated carbocycles. The van der Waals surface area contributed by atoms with Crippen LogP contribution in [-0.4, -0.2) is 35.4 Å². The van der Waals surface area contributed by atoms with Crippen molar-refractivity contribution in [2.45, 2.75) is 0 Å². The van der Waals surface area contributed by atoms with Gasteiger partial charge in [-0.3, -0.25) is 5.10 Å². The molecular weight excluding hydrogens is 346 g/mol. The zero-order valence-electron chi connectivity index (χ0n) is 12.1. The van der Waals surface area contributed by atoms with Crippen molar-refractivity contribution < 1.29 is 4.74 Å². The molecule has 0 aliphatic heterocycles. The van der Waals surface area contributed by atoms with Crippen LogP contribution in [0.1, 0.15) is 0 Å². The second-order valence-electron chi connectivity index (χ2n) is 4.84. The molecule has 0 spiro atoms. The molecule has 0 fully saturated rings. The van der Waals surface area contributed by atoms with Crippen LogP contribution in [0.5, 0.6) is 0 Å². The molecule has 0 aliphatic carbocycles. The Morgan fingerprint density at radius 3 is 3.00 bits per heavy atom. The van der Waals surface area contributed by atoms with Gasteiger partial charge in [0.1, 0.15) is 5.82 Å². The van der Waals surface area contributed by atoms with E-state index in [2.05, 4.69) is 36.4 Å². The van der Waals surface area contributed by atoms with Crippen LogP contribution in [0.15, 0.2) is 34.9 Å². The average Bonchev–Trinajstić information content (AvgIpc) is 2.90. The normalized spacial score (nSPS) is 11.0. The van der Waals surface area contributed by atoms with E-state index < -0.39 is 0 Å². The second-order valence-corrected chi connectivity index (χ2v) is 5.69. The number of nitrogens with one attached hydrogen (secondary N) is 2. The summed E-state index contributed by atoms with van der Waals surface area (Å²) in [5, 5.41) is 11.1. The van der Waals surface area contributed by atoms with Gasteiger partial charge in [-0.05, 0) is 51.3 Å². The molecule has 4 N–H and O–H groups in total. The minimum absolute atomic E-state index is 0.491. The van der Waals surface area contributed by atoms with Crippen molar-refractivity contribution in [1.82, 2.24) is 15.2 Å². The Morgan fingerprint density at radius 1 is 1.32 bits per heavy atom. The number of fused-ring (bicyclic) bond motifs is 1. The number of ether oxygens (including phenoxy) is 1. The van der Waals surface area contributed by atoms with Crippen LogP contribution in [0.4, 0.5) is 11.6 Å². The molecule has 7 heteroatoms. The van der Waals surface area contributed by atoms with Crippen LogP contribution in [0.3, 0.4) is 0 Å². The summed E-state index contributed by atoms with van der Waals surface area (Å²) in [6.45, 7) is 1.35. The first-order chi connectivity index (χ1) is 10.7. The van der Waals surface area contributed by atoms with E-state index >= 15 is 0 Å². The second kappa shape index (κ2) is 6.33. The lowest BCUT2D eigenvalue weighted by Gasteiger charge is -2.08. The van der Waals surface area contributed by atoms with Crippen LogP contribution in [0.2, 0.25) is 0 Å². The molecule has 0 bridgehead atoms. The molecule has 1 aromatic carbocycles. The van der Waals surface area contributed by atoms with Gasteiger partial charge >= 0.3 is 0 Å². The van der Waals surface area contributed by atoms with E-state index in [1.165, 1.54) is 0 Å². The predicted molar refractivity (Wildman–Crippen MR) is 91.8 cm³/mol. The lowest BCUT2D eigenvalue weighted by atomic mass is 10.0. The molecule has 0 aliphatic rings. The van der Waals surface area contributed by atoms with Crippen LogP contribution in [-0.2, 0) is 4.74 Å². The van der Waals surface area contributed by atoms with E-state index in [0.29, 0.717) is 19.0 Å². The van der Waals surface area contributed by atoms with Crippen molar-refractivity contribution in [1.29, 1.82) is 0 Å². The number of anilines is 2. The summed E-state index contributed by atoms with van der Waals surface area (Å²) < 4.78 is 5.95. The number of methoxy groups -OCH3 is 1. The highest BCUT2D eigenvalue weighted by atomic mass is 79.9. The Balaban J connectivity index is 1.96. The number of benzene rings is 1. The topological polar surface area (TPSA) is 88.8 Å². The zero-order valence-corrected chi connectivity index (χ0v) is 13.6. The molecule has 0 radical (unpaired) electrons. The molecule has 114 valence electrons. The summed E-state index contributed by atoms with van der Waals surface area (Å²) >= 11 is 3.55. The molecule has 0 saturated heterocycles. The monoisotopic (exact) mass is 361 g/mol. The third-order valence-corrected chi connectivity index (χ3v) is 3.99. The van der Waals surface area contributed by atoms with Crippen molar-refractivity contribution >= 4 is 38.5 Å². The Morgan fingerprint density at radius 2 is 2.18 bits per heavy atom. The number of hydrogen-bond acceptors (Lipinski definition) is 5. The summed E-state index contributed by atoms with van der Waals surface area (Å²) in [4.78, 5) is 4.31. The first-order valence-corrected chi connectivity index (χ1v) is 7.60. The summed E-state index contributed by atoms with van der Waals surface area (Å²) in [6, 6.07) is 8.02. The fraction of sp³-hybridized carbons (Fsp3) is 0.200. The molecule has 0 atom stereocenters. The van der Waals surface area contributed by atoms with E-state index in [0.717, 1.165) is 32.3 Å². The number of pyridine rings is 1. The smallest absolute Gasteiger partial charge is 0.153 e. The maximum atomic E-state index is 5.90. The van der Waals surface area contributed by atoms with Gasteiger partial charge in [-0.15, -0.1) is 0 Å². The third kappa shape index (κ3) is 2.90. The molecule has 3 aromatic rings. The van der Waals surface area contributed by atoms with Gasteiger partial charge in [-0.25, -0.2) is 4.98 Å². The first kappa shape index (κ1) is 14.8. The van der Waals surface area contributed by atoms with Crippen molar-refractivity contribution in [2.24, 2.45) is 0 Å². The van der Waals surface area contributed by atoms with Crippen LogP contribution >= 0.6 is 15.9 Å². The summed E-state index contributed by atoms with van der Waals surface area (Å²) in [5.41, 5.74) is 8.90. The van der Waals surface area contributed by atoms with E-state index in [1.54, 1.807) is 13.3 Å². The largest absolute Gasteiger partial charge is 0.383 e. The van der Waals surface area contributed by atoms with Crippen molar-refractivity contribution in [2.75, 3.05) is 31.3 Å².